The minimum absolute atomic E-state index is 0.846. The van der Waals surface area contributed by atoms with E-state index in [-0.39, 0.29) is 0 Å². The van der Waals surface area contributed by atoms with Gasteiger partial charge in [-0.1, -0.05) is 0 Å². The molecule has 2 heterocycles. The maximum Gasteiger partial charge on any atom is 0.163 e. The molecule has 0 aliphatic heterocycles. The molecule has 0 bridgehead atoms. The summed E-state index contributed by atoms with van der Waals surface area (Å²) in [6.45, 7) is 0. The van der Waals surface area contributed by atoms with Crippen LogP contribution in [-0.2, 0) is 0 Å². The van der Waals surface area contributed by atoms with Crippen molar-refractivity contribution >= 4 is 16.9 Å². The molecule has 0 radical (unpaired) electrons. The van der Waals surface area contributed by atoms with Crippen molar-refractivity contribution in [3.05, 3.63) is 18.6 Å². The molecule has 0 aromatic carbocycles. The molecule has 0 spiro atoms. The number of nitrogens with one attached hydrogen (secondary N) is 2. The lowest BCUT2D eigenvalue weighted by molar-refractivity contribution is 0.952. The summed E-state index contributed by atoms with van der Waals surface area (Å²) >= 11 is 0. The maximum atomic E-state index is 4.17. The van der Waals surface area contributed by atoms with Crippen LogP contribution in [0.3, 0.4) is 0 Å². The number of aromatic nitrogens is 3. The Morgan fingerprint density at radius 3 is 2.85 bits per heavy atom. The predicted molar refractivity (Wildman–Crippen MR) is 52.4 cm³/mol. The highest BCUT2D eigenvalue weighted by Crippen LogP contribution is 2.18. The molecule has 0 aliphatic rings. The van der Waals surface area contributed by atoms with Gasteiger partial charge in [-0.05, 0) is 6.07 Å². The third kappa shape index (κ3) is 1.09. The molecule has 2 rings (SSSR count). The van der Waals surface area contributed by atoms with Gasteiger partial charge < -0.3 is 10.7 Å². The van der Waals surface area contributed by atoms with Crippen LogP contribution in [0.1, 0.15) is 0 Å². The van der Waals surface area contributed by atoms with Crippen molar-refractivity contribution in [2.24, 2.45) is 0 Å². The molecule has 0 saturated heterocycles. The number of anilines is 1. The second-order valence-corrected chi connectivity index (χ2v) is 2.62. The molecule has 0 fully saturated rings. The van der Waals surface area contributed by atoms with E-state index in [4.69, 9.17) is 0 Å². The van der Waals surface area contributed by atoms with Gasteiger partial charge in [0.15, 0.2) is 5.65 Å². The second-order valence-electron chi connectivity index (χ2n) is 2.62. The van der Waals surface area contributed by atoms with Crippen LogP contribution in [0.2, 0.25) is 0 Å². The monoisotopic (exact) mass is 177 g/mol. The fraction of sp³-hybridized carbons (Fsp3) is 0.250. The van der Waals surface area contributed by atoms with Crippen molar-refractivity contribution in [3.63, 3.8) is 0 Å². The van der Waals surface area contributed by atoms with Crippen LogP contribution < -0.4 is 10.7 Å². The van der Waals surface area contributed by atoms with Crippen LogP contribution >= 0.6 is 0 Å². The topological polar surface area (TPSA) is 54.8 Å². The predicted octanol–water partition coefficient (Wildman–Crippen LogP) is 0.646. The highest BCUT2D eigenvalue weighted by atomic mass is 15.4. The number of rotatable bonds is 2. The van der Waals surface area contributed by atoms with Crippen LogP contribution in [0.5, 0.6) is 0 Å². The molecule has 13 heavy (non-hydrogen) atoms. The lowest BCUT2D eigenvalue weighted by atomic mass is 10.4. The molecule has 5 nitrogen and oxygen atoms in total. The first kappa shape index (κ1) is 7.85. The van der Waals surface area contributed by atoms with Crippen molar-refractivity contribution in [1.82, 2.24) is 14.6 Å². The number of hydrogen-bond acceptors (Lipinski definition) is 4. The first-order chi connectivity index (χ1) is 6.36. The normalized spacial score (nSPS) is 10.3. The molecule has 68 valence electrons. The van der Waals surface area contributed by atoms with Crippen molar-refractivity contribution in [3.8, 4) is 0 Å². The minimum atomic E-state index is 0.846. The van der Waals surface area contributed by atoms with Gasteiger partial charge in [-0.25, -0.2) is 14.6 Å². The summed E-state index contributed by atoms with van der Waals surface area (Å²) in [5.74, 6) is 0.846. The van der Waals surface area contributed by atoms with Gasteiger partial charge in [0.1, 0.15) is 12.1 Å². The van der Waals surface area contributed by atoms with E-state index < -0.39 is 0 Å². The summed E-state index contributed by atoms with van der Waals surface area (Å²) in [7, 11) is 3.69. The fourth-order valence-electron chi connectivity index (χ4n) is 1.33. The lowest BCUT2D eigenvalue weighted by Gasteiger charge is -2.03. The SMILES string of the molecule is CNc1ncnc2c1ccn2NC. The zero-order valence-electron chi connectivity index (χ0n) is 7.57. The molecule has 0 unspecified atom stereocenters. The first-order valence-corrected chi connectivity index (χ1v) is 4.04. The summed E-state index contributed by atoms with van der Waals surface area (Å²) in [6, 6.07) is 1.97. The molecule has 5 heteroatoms. The van der Waals surface area contributed by atoms with Crippen molar-refractivity contribution in [2.75, 3.05) is 24.8 Å². The van der Waals surface area contributed by atoms with Gasteiger partial charge in [-0.3, -0.25) is 0 Å². The second kappa shape index (κ2) is 2.93. The molecule has 2 aromatic heterocycles. The lowest BCUT2D eigenvalue weighted by Crippen LogP contribution is -2.07. The molecule has 0 atom stereocenters. The summed E-state index contributed by atoms with van der Waals surface area (Å²) in [5.41, 5.74) is 3.88. The van der Waals surface area contributed by atoms with E-state index in [9.17, 15) is 0 Å². The molecule has 2 N–H and O–H groups in total. The molecular weight excluding hydrogens is 166 g/mol. The Kier molecular flexibility index (Phi) is 1.77. The van der Waals surface area contributed by atoms with Crippen molar-refractivity contribution in [2.45, 2.75) is 0 Å². The standard InChI is InChI=1S/C8H11N5/c1-9-7-6-3-4-13(10-2)8(6)12-5-11-7/h3-5,10H,1-2H3,(H,9,11,12). The third-order valence-electron chi connectivity index (χ3n) is 1.96. The molecule has 0 amide bonds. The van der Waals surface area contributed by atoms with Crippen LogP contribution in [0.15, 0.2) is 18.6 Å². The Morgan fingerprint density at radius 1 is 1.31 bits per heavy atom. The van der Waals surface area contributed by atoms with E-state index in [1.807, 2.05) is 31.0 Å². The number of fused-ring (bicyclic) bond motifs is 1. The molecule has 0 saturated carbocycles. The number of nitrogens with zero attached hydrogens (tertiary/aromatic N) is 3. The maximum absolute atomic E-state index is 4.17. The Morgan fingerprint density at radius 2 is 2.15 bits per heavy atom. The van der Waals surface area contributed by atoms with E-state index in [1.165, 1.54) is 0 Å². The van der Waals surface area contributed by atoms with Gasteiger partial charge in [0.2, 0.25) is 0 Å². The number of hydrogen-bond donors (Lipinski definition) is 2. The zero-order valence-corrected chi connectivity index (χ0v) is 7.57. The summed E-state index contributed by atoms with van der Waals surface area (Å²) in [4.78, 5) is 8.28. The minimum Gasteiger partial charge on any atom is -0.372 e. The largest absolute Gasteiger partial charge is 0.372 e. The molecular formula is C8H11N5. The van der Waals surface area contributed by atoms with E-state index >= 15 is 0 Å². The van der Waals surface area contributed by atoms with Gasteiger partial charge in [0.05, 0.1) is 5.39 Å². The highest BCUT2D eigenvalue weighted by molar-refractivity contribution is 5.87. The Balaban J connectivity index is 2.72. The van der Waals surface area contributed by atoms with E-state index in [2.05, 4.69) is 20.7 Å². The Labute approximate surface area is 75.8 Å². The Bertz CT molecular complexity index is 419. The summed E-state index contributed by atoms with van der Waals surface area (Å²) < 4.78 is 1.85. The molecule has 2 aromatic rings. The first-order valence-electron chi connectivity index (χ1n) is 4.04. The van der Waals surface area contributed by atoms with Gasteiger partial charge in [0.25, 0.3) is 0 Å². The summed E-state index contributed by atoms with van der Waals surface area (Å²) in [6.07, 6.45) is 3.46. The van der Waals surface area contributed by atoms with Crippen LogP contribution in [0.25, 0.3) is 11.0 Å². The highest BCUT2D eigenvalue weighted by Gasteiger charge is 2.04. The average molecular weight is 177 g/mol. The van der Waals surface area contributed by atoms with E-state index in [0.29, 0.717) is 0 Å². The van der Waals surface area contributed by atoms with Crippen LogP contribution in [-0.4, -0.2) is 28.7 Å². The smallest absolute Gasteiger partial charge is 0.163 e. The van der Waals surface area contributed by atoms with E-state index in [1.54, 1.807) is 6.33 Å². The van der Waals surface area contributed by atoms with Gasteiger partial charge in [-0.15, -0.1) is 0 Å². The van der Waals surface area contributed by atoms with Gasteiger partial charge in [0, 0.05) is 20.3 Å². The molecule has 0 aliphatic carbocycles. The third-order valence-corrected chi connectivity index (χ3v) is 1.96. The van der Waals surface area contributed by atoms with Crippen molar-refractivity contribution < 1.29 is 0 Å². The fourth-order valence-corrected chi connectivity index (χ4v) is 1.33. The summed E-state index contributed by atoms with van der Waals surface area (Å²) in [5, 5.41) is 4.03. The zero-order chi connectivity index (χ0) is 9.26. The Hall–Kier alpha value is -1.78. The van der Waals surface area contributed by atoms with Gasteiger partial charge in [-0.2, -0.15) is 0 Å². The van der Waals surface area contributed by atoms with Crippen LogP contribution in [0, 0.1) is 0 Å². The van der Waals surface area contributed by atoms with Gasteiger partial charge >= 0.3 is 0 Å². The van der Waals surface area contributed by atoms with E-state index in [0.717, 1.165) is 16.9 Å². The van der Waals surface area contributed by atoms with Crippen molar-refractivity contribution in [1.29, 1.82) is 0 Å². The van der Waals surface area contributed by atoms with Crippen LogP contribution in [0.4, 0.5) is 5.82 Å². The quantitative estimate of drug-likeness (QED) is 0.707. The average Bonchev–Trinajstić information content (AvgIpc) is 2.60.